The lowest BCUT2D eigenvalue weighted by Crippen LogP contribution is -2.15. The zero-order valence-electron chi connectivity index (χ0n) is 9.84. The predicted molar refractivity (Wildman–Crippen MR) is 69.5 cm³/mol. The fraction of sp³-hybridized carbons (Fsp3) is 0.0769. The number of aromatic nitrogens is 3. The van der Waals surface area contributed by atoms with E-state index in [-0.39, 0.29) is 5.91 Å². The van der Waals surface area contributed by atoms with E-state index in [9.17, 15) is 4.79 Å². The van der Waals surface area contributed by atoms with E-state index in [4.69, 9.17) is 0 Å². The zero-order valence-corrected chi connectivity index (χ0v) is 9.84. The number of hydrogen-bond donors (Lipinski definition) is 2. The topological polar surface area (TPSA) is 62.7 Å². The minimum absolute atomic E-state index is 0.162. The van der Waals surface area contributed by atoms with E-state index in [1.165, 1.54) is 0 Å². The average molecular weight is 240 g/mol. The Balaban J connectivity index is 1.88. The largest absolute Gasteiger partial charge is 0.361 e. The molecule has 90 valence electrons. The number of carbonyl (C=O) groups excluding carboxylic acids is 1. The van der Waals surface area contributed by atoms with Crippen LogP contribution in [0.1, 0.15) is 10.5 Å². The van der Waals surface area contributed by atoms with E-state index in [2.05, 4.69) is 15.4 Å². The van der Waals surface area contributed by atoms with Crippen molar-refractivity contribution in [1.29, 1.82) is 0 Å². The molecule has 3 aromatic rings. The smallest absolute Gasteiger partial charge is 0.273 e. The fourth-order valence-electron chi connectivity index (χ4n) is 1.92. The first-order chi connectivity index (χ1) is 8.74. The van der Waals surface area contributed by atoms with Crippen molar-refractivity contribution in [3.05, 3.63) is 48.4 Å². The standard InChI is InChI=1S/C13H12N4O/c1-17-12(5-7-15-17)13(18)16-10-2-3-11-9(8-10)4-6-14-11/h2-8,14H,1H3,(H,16,18). The monoisotopic (exact) mass is 240 g/mol. The van der Waals surface area contributed by atoms with Crippen LogP contribution in [0.25, 0.3) is 10.9 Å². The number of fused-ring (bicyclic) bond motifs is 1. The lowest BCUT2D eigenvalue weighted by Gasteiger charge is -2.05. The molecule has 0 fully saturated rings. The molecule has 2 heterocycles. The molecular formula is C13H12N4O. The number of amides is 1. The molecule has 0 aliphatic rings. The molecule has 18 heavy (non-hydrogen) atoms. The summed E-state index contributed by atoms with van der Waals surface area (Å²) in [5.41, 5.74) is 2.35. The van der Waals surface area contributed by atoms with Crippen LogP contribution in [-0.4, -0.2) is 20.7 Å². The lowest BCUT2D eigenvalue weighted by molar-refractivity contribution is 0.101. The van der Waals surface area contributed by atoms with Crippen LogP contribution in [-0.2, 0) is 7.05 Å². The van der Waals surface area contributed by atoms with E-state index < -0.39 is 0 Å². The van der Waals surface area contributed by atoms with Gasteiger partial charge in [0, 0.05) is 36.0 Å². The second-order valence-corrected chi connectivity index (χ2v) is 4.07. The van der Waals surface area contributed by atoms with Gasteiger partial charge in [0.2, 0.25) is 0 Å². The summed E-state index contributed by atoms with van der Waals surface area (Å²) in [6.45, 7) is 0. The summed E-state index contributed by atoms with van der Waals surface area (Å²) in [6, 6.07) is 9.39. The van der Waals surface area contributed by atoms with Gasteiger partial charge >= 0.3 is 0 Å². The van der Waals surface area contributed by atoms with E-state index in [0.717, 1.165) is 16.6 Å². The van der Waals surface area contributed by atoms with Crippen molar-refractivity contribution in [3.63, 3.8) is 0 Å². The highest BCUT2D eigenvalue weighted by Gasteiger charge is 2.10. The highest BCUT2D eigenvalue weighted by atomic mass is 16.2. The maximum atomic E-state index is 12.0. The Labute approximate surface area is 103 Å². The Kier molecular flexibility index (Phi) is 2.37. The highest BCUT2D eigenvalue weighted by molar-refractivity contribution is 6.03. The third kappa shape index (κ3) is 1.75. The molecule has 0 aliphatic heterocycles. The Morgan fingerprint density at radius 1 is 1.33 bits per heavy atom. The Bertz CT molecular complexity index is 710. The number of nitrogens with one attached hydrogen (secondary N) is 2. The SMILES string of the molecule is Cn1nccc1C(=O)Nc1ccc2[nH]ccc2c1. The number of rotatable bonds is 2. The van der Waals surface area contributed by atoms with Crippen LogP contribution in [0, 0.1) is 0 Å². The Morgan fingerprint density at radius 2 is 2.22 bits per heavy atom. The van der Waals surface area contributed by atoms with Gasteiger partial charge in [-0.05, 0) is 30.3 Å². The summed E-state index contributed by atoms with van der Waals surface area (Å²) in [6.07, 6.45) is 3.47. The van der Waals surface area contributed by atoms with Crippen molar-refractivity contribution in [3.8, 4) is 0 Å². The third-order valence-corrected chi connectivity index (χ3v) is 2.86. The van der Waals surface area contributed by atoms with Crippen LogP contribution in [0.2, 0.25) is 0 Å². The van der Waals surface area contributed by atoms with Crippen LogP contribution in [0.15, 0.2) is 42.7 Å². The van der Waals surface area contributed by atoms with Gasteiger partial charge < -0.3 is 10.3 Å². The molecular weight excluding hydrogens is 228 g/mol. The van der Waals surface area contributed by atoms with Crippen molar-refractivity contribution in [2.75, 3.05) is 5.32 Å². The molecule has 2 N–H and O–H groups in total. The summed E-state index contributed by atoms with van der Waals surface area (Å²) in [5, 5.41) is 7.89. The van der Waals surface area contributed by atoms with Crippen LogP contribution < -0.4 is 5.32 Å². The normalized spacial score (nSPS) is 10.7. The summed E-state index contributed by atoms with van der Waals surface area (Å²) in [5.74, 6) is -0.162. The molecule has 0 aliphatic carbocycles. The quantitative estimate of drug-likeness (QED) is 0.721. The second kappa shape index (κ2) is 4.03. The zero-order chi connectivity index (χ0) is 12.5. The summed E-state index contributed by atoms with van der Waals surface area (Å²) in [7, 11) is 1.74. The number of benzene rings is 1. The number of nitrogens with zero attached hydrogens (tertiary/aromatic N) is 2. The molecule has 0 saturated heterocycles. The molecule has 5 nitrogen and oxygen atoms in total. The Morgan fingerprint density at radius 3 is 3.00 bits per heavy atom. The van der Waals surface area contributed by atoms with Gasteiger partial charge in [0.15, 0.2) is 0 Å². The van der Waals surface area contributed by atoms with Crippen molar-refractivity contribution in [1.82, 2.24) is 14.8 Å². The number of aryl methyl sites for hydroxylation is 1. The first-order valence-corrected chi connectivity index (χ1v) is 5.60. The van der Waals surface area contributed by atoms with Gasteiger partial charge in [-0.15, -0.1) is 0 Å². The van der Waals surface area contributed by atoms with Crippen molar-refractivity contribution >= 4 is 22.5 Å². The van der Waals surface area contributed by atoms with Gasteiger partial charge in [-0.3, -0.25) is 9.48 Å². The minimum atomic E-state index is -0.162. The van der Waals surface area contributed by atoms with Crippen LogP contribution in [0.4, 0.5) is 5.69 Å². The van der Waals surface area contributed by atoms with Gasteiger partial charge in [0.05, 0.1) is 0 Å². The van der Waals surface area contributed by atoms with E-state index in [1.54, 1.807) is 24.0 Å². The molecule has 2 aromatic heterocycles. The van der Waals surface area contributed by atoms with Crippen LogP contribution in [0.3, 0.4) is 0 Å². The highest BCUT2D eigenvalue weighted by Crippen LogP contribution is 2.18. The van der Waals surface area contributed by atoms with Gasteiger partial charge in [-0.1, -0.05) is 0 Å². The second-order valence-electron chi connectivity index (χ2n) is 4.07. The van der Waals surface area contributed by atoms with Crippen molar-refractivity contribution in [2.24, 2.45) is 7.05 Å². The average Bonchev–Trinajstić information content (AvgIpc) is 2.96. The molecule has 0 atom stereocenters. The minimum Gasteiger partial charge on any atom is -0.361 e. The third-order valence-electron chi connectivity index (χ3n) is 2.86. The molecule has 0 spiro atoms. The maximum Gasteiger partial charge on any atom is 0.273 e. The summed E-state index contributed by atoms with van der Waals surface area (Å²) in [4.78, 5) is 15.1. The summed E-state index contributed by atoms with van der Waals surface area (Å²) >= 11 is 0. The predicted octanol–water partition coefficient (Wildman–Crippen LogP) is 2.15. The molecule has 1 aromatic carbocycles. The molecule has 3 rings (SSSR count). The Hall–Kier alpha value is -2.56. The van der Waals surface area contributed by atoms with Crippen molar-refractivity contribution < 1.29 is 4.79 Å². The van der Waals surface area contributed by atoms with Crippen LogP contribution in [0.5, 0.6) is 0 Å². The summed E-state index contributed by atoms with van der Waals surface area (Å²) < 4.78 is 1.55. The fourth-order valence-corrected chi connectivity index (χ4v) is 1.92. The van der Waals surface area contributed by atoms with E-state index >= 15 is 0 Å². The maximum absolute atomic E-state index is 12.0. The van der Waals surface area contributed by atoms with Crippen molar-refractivity contribution in [2.45, 2.75) is 0 Å². The lowest BCUT2D eigenvalue weighted by atomic mass is 10.2. The number of aromatic amines is 1. The molecule has 1 amide bonds. The van der Waals surface area contributed by atoms with Gasteiger partial charge in [0.1, 0.15) is 5.69 Å². The van der Waals surface area contributed by atoms with Gasteiger partial charge in [0.25, 0.3) is 5.91 Å². The molecule has 0 bridgehead atoms. The van der Waals surface area contributed by atoms with Gasteiger partial charge in [-0.25, -0.2) is 0 Å². The van der Waals surface area contributed by atoms with Crippen LogP contribution >= 0.6 is 0 Å². The number of H-pyrrole nitrogens is 1. The van der Waals surface area contributed by atoms with E-state index in [1.807, 2.05) is 30.5 Å². The van der Waals surface area contributed by atoms with E-state index in [0.29, 0.717) is 5.69 Å². The first-order valence-electron chi connectivity index (χ1n) is 5.60. The number of carbonyl (C=O) groups is 1. The first kappa shape index (κ1) is 10.6. The molecule has 5 heteroatoms. The molecule has 0 radical (unpaired) electrons. The molecule has 0 saturated carbocycles. The molecule has 0 unspecified atom stereocenters. The number of hydrogen-bond acceptors (Lipinski definition) is 2. The number of anilines is 1. The van der Waals surface area contributed by atoms with Gasteiger partial charge in [-0.2, -0.15) is 5.10 Å².